The number of carbonyl (C=O) groups is 2. The van der Waals surface area contributed by atoms with E-state index in [0.717, 1.165) is 11.8 Å². The lowest BCUT2D eigenvalue weighted by Gasteiger charge is -2.14. The molecule has 0 radical (unpaired) electrons. The van der Waals surface area contributed by atoms with Crippen molar-refractivity contribution in [1.82, 2.24) is 4.90 Å². The van der Waals surface area contributed by atoms with E-state index in [1.807, 2.05) is 19.9 Å². The summed E-state index contributed by atoms with van der Waals surface area (Å²) in [5.41, 5.74) is 1.36. The molecule has 3 rings (SSSR count). The number of benzene rings is 2. The molecule has 1 aliphatic rings. The van der Waals surface area contributed by atoms with Crippen molar-refractivity contribution in [2.75, 3.05) is 13.2 Å². The van der Waals surface area contributed by atoms with Crippen molar-refractivity contribution >= 4 is 68.1 Å². The quantitative estimate of drug-likeness (QED) is 0.369. The summed E-state index contributed by atoms with van der Waals surface area (Å²) in [7, 11) is 0. The van der Waals surface area contributed by atoms with E-state index in [4.69, 9.17) is 32.7 Å². The average Bonchev–Trinajstić information content (AvgIpc) is 2.94. The minimum Gasteiger partial charge on any atom is -0.490 e. The first-order valence-electron chi connectivity index (χ1n) is 9.12. The van der Waals surface area contributed by atoms with Gasteiger partial charge in [-0.3, -0.25) is 14.5 Å². The average molecular weight is 531 g/mol. The van der Waals surface area contributed by atoms with Crippen LogP contribution in [0.15, 0.2) is 39.7 Å². The van der Waals surface area contributed by atoms with Gasteiger partial charge in [0.1, 0.15) is 0 Å². The van der Waals surface area contributed by atoms with Gasteiger partial charge in [0.2, 0.25) is 0 Å². The number of carbonyl (C=O) groups excluding carboxylic acids is 2. The Kier molecular flexibility index (Phi) is 7.74. The lowest BCUT2D eigenvalue weighted by molar-refractivity contribution is -0.123. The van der Waals surface area contributed by atoms with Crippen LogP contribution in [-0.4, -0.2) is 29.3 Å². The van der Waals surface area contributed by atoms with Crippen molar-refractivity contribution in [1.29, 1.82) is 0 Å². The highest BCUT2D eigenvalue weighted by Crippen LogP contribution is 2.39. The number of amides is 2. The lowest BCUT2D eigenvalue weighted by atomic mass is 10.1. The smallest absolute Gasteiger partial charge is 0.293 e. The maximum absolute atomic E-state index is 12.8. The molecule has 1 saturated heterocycles. The van der Waals surface area contributed by atoms with E-state index in [1.165, 1.54) is 4.90 Å². The molecule has 0 bridgehead atoms. The largest absolute Gasteiger partial charge is 0.490 e. The predicted molar refractivity (Wildman–Crippen MR) is 124 cm³/mol. The number of hydrogen-bond donors (Lipinski definition) is 0. The Bertz CT molecular complexity index is 1030. The molecular weight excluding hydrogens is 513 g/mol. The minimum absolute atomic E-state index is 0.0785. The minimum atomic E-state index is -0.376. The Hall–Kier alpha value is -1.67. The number of thioether (sulfide) groups is 1. The van der Waals surface area contributed by atoms with E-state index < -0.39 is 0 Å². The van der Waals surface area contributed by atoms with Gasteiger partial charge in [-0.15, -0.1) is 0 Å². The molecule has 158 valence electrons. The molecule has 9 heteroatoms. The summed E-state index contributed by atoms with van der Waals surface area (Å²) in [5.74, 6) is 0.785. The Morgan fingerprint density at radius 2 is 1.83 bits per heavy atom. The van der Waals surface area contributed by atoms with Gasteiger partial charge >= 0.3 is 0 Å². The molecule has 2 amide bonds. The second-order valence-corrected chi connectivity index (χ2v) is 8.89. The summed E-state index contributed by atoms with van der Waals surface area (Å²) >= 11 is 16.5. The van der Waals surface area contributed by atoms with Gasteiger partial charge in [-0.1, -0.05) is 29.3 Å². The molecule has 2 aromatic carbocycles. The van der Waals surface area contributed by atoms with Crippen LogP contribution in [0.25, 0.3) is 6.08 Å². The van der Waals surface area contributed by atoms with Gasteiger partial charge in [-0.2, -0.15) is 0 Å². The van der Waals surface area contributed by atoms with Crippen LogP contribution in [0.3, 0.4) is 0 Å². The van der Waals surface area contributed by atoms with Gasteiger partial charge in [0.05, 0.1) is 29.1 Å². The van der Waals surface area contributed by atoms with Crippen molar-refractivity contribution in [3.8, 4) is 11.5 Å². The first-order valence-corrected chi connectivity index (χ1v) is 11.5. The summed E-state index contributed by atoms with van der Waals surface area (Å²) in [4.78, 5) is 26.8. The number of rotatable bonds is 7. The zero-order valence-corrected chi connectivity index (χ0v) is 20.1. The summed E-state index contributed by atoms with van der Waals surface area (Å²) in [6.45, 7) is 4.80. The molecule has 1 fully saturated rings. The van der Waals surface area contributed by atoms with E-state index in [1.54, 1.807) is 30.3 Å². The highest BCUT2D eigenvalue weighted by molar-refractivity contribution is 9.10. The van der Waals surface area contributed by atoms with Crippen LogP contribution in [-0.2, 0) is 11.3 Å². The lowest BCUT2D eigenvalue weighted by Crippen LogP contribution is -2.27. The molecule has 0 saturated carbocycles. The Labute approximate surface area is 197 Å². The third kappa shape index (κ3) is 5.14. The van der Waals surface area contributed by atoms with Crippen LogP contribution in [0.1, 0.15) is 25.0 Å². The van der Waals surface area contributed by atoms with Crippen LogP contribution in [0.4, 0.5) is 4.79 Å². The molecule has 2 aromatic rings. The van der Waals surface area contributed by atoms with E-state index >= 15 is 0 Å². The van der Waals surface area contributed by atoms with Gasteiger partial charge in [0.15, 0.2) is 11.5 Å². The topological polar surface area (TPSA) is 55.8 Å². The molecule has 0 aliphatic carbocycles. The first kappa shape index (κ1) is 23.0. The Morgan fingerprint density at radius 3 is 2.50 bits per heavy atom. The first-order chi connectivity index (χ1) is 14.3. The molecule has 5 nitrogen and oxygen atoms in total. The summed E-state index contributed by atoms with van der Waals surface area (Å²) in [6.07, 6.45) is 1.66. The standard InChI is InChI=1S/C21H18BrCl2NO4S/c1-3-28-17-8-12(7-15(22)19(17)29-4-2)9-18-20(26)25(21(27)30-18)11-13-5-6-14(23)10-16(13)24/h5-10H,3-4,11H2,1-2H3/b18-9+. The van der Waals surface area contributed by atoms with Gasteiger partial charge in [0, 0.05) is 10.0 Å². The maximum atomic E-state index is 12.8. The fraction of sp³-hybridized carbons (Fsp3) is 0.238. The molecule has 1 aliphatic heterocycles. The van der Waals surface area contributed by atoms with Crippen molar-refractivity contribution in [3.63, 3.8) is 0 Å². The van der Waals surface area contributed by atoms with Crippen LogP contribution >= 0.6 is 50.9 Å². The summed E-state index contributed by atoms with van der Waals surface area (Å²) in [6, 6.07) is 8.56. The van der Waals surface area contributed by atoms with E-state index in [2.05, 4.69) is 15.9 Å². The molecule has 1 heterocycles. The number of nitrogens with zero attached hydrogens (tertiary/aromatic N) is 1. The van der Waals surface area contributed by atoms with Crippen molar-refractivity contribution in [3.05, 3.63) is 60.9 Å². The number of hydrogen-bond acceptors (Lipinski definition) is 5. The van der Waals surface area contributed by atoms with Gasteiger partial charge in [0.25, 0.3) is 11.1 Å². The second kappa shape index (κ2) is 10.1. The van der Waals surface area contributed by atoms with Crippen molar-refractivity contribution in [2.45, 2.75) is 20.4 Å². The van der Waals surface area contributed by atoms with Gasteiger partial charge in [-0.05, 0) is 83.0 Å². The monoisotopic (exact) mass is 529 g/mol. The van der Waals surface area contributed by atoms with Gasteiger partial charge < -0.3 is 9.47 Å². The third-order valence-electron chi connectivity index (χ3n) is 4.14. The molecule has 0 aromatic heterocycles. The molecule has 0 spiro atoms. The summed E-state index contributed by atoms with van der Waals surface area (Å²) in [5, 5.41) is 0.540. The zero-order chi connectivity index (χ0) is 21.8. The van der Waals surface area contributed by atoms with Crippen LogP contribution in [0.2, 0.25) is 10.0 Å². The van der Waals surface area contributed by atoms with E-state index in [0.29, 0.717) is 55.3 Å². The second-order valence-electron chi connectivity index (χ2n) is 6.20. The number of halogens is 3. The molecule has 0 unspecified atom stereocenters. The maximum Gasteiger partial charge on any atom is 0.293 e. The molecule has 30 heavy (non-hydrogen) atoms. The van der Waals surface area contributed by atoms with E-state index in [9.17, 15) is 9.59 Å². The van der Waals surface area contributed by atoms with Crippen LogP contribution in [0.5, 0.6) is 11.5 Å². The number of imide groups is 1. The Balaban J connectivity index is 1.88. The normalized spacial score (nSPS) is 15.2. The number of ether oxygens (including phenoxy) is 2. The van der Waals surface area contributed by atoms with E-state index in [-0.39, 0.29) is 17.7 Å². The van der Waals surface area contributed by atoms with Crippen molar-refractivity contribution in [2.24, 2.45) is 0 Å². The molecular formula is C21H18BrCl2NO4S. The fourth-order valence-electron chi connectivity index (χ4n) is 2.83. The zero-order valence-electron chi connectivity index (χ0n) is 16.2. The highest BCUT2D eigenvalue weighted by Gasteiger charge is 2.35. The van der Waals surface area contributed by atoms with Crippen molar-refractivity contribution < 1.29 is 19.1 Å². The summed E-state index contributed by atoms with van der Waals surface area (Å²) < 4.78 is 12.0. The molecule has 0 N–H and O–H groups in total. The van der Waals surface area contributed by atoms with Crippen LogP contribution < -0.4 is 9.47 Å². The third-order valence-corrected chi connectivity index (χ3v) is 6.22. The Morgan fingerprint density at radius 1 is 1.10 bits per heavy atom. The fourth-order valence-corrected chi connectivity index (χ4v) is 4.71. The molecule has 0 atom stereocenters. The van der Waals surface area contributed by atoms with Gasteiger partial charge in [-0.25, -0.2) is 0 Å². The SMILES string of the molecule is CCOc1cc(/C=C2/SC(=O)N(Cc3ccc(Cl)cc3Cl)C2=O)cc(Br)c1OCC. The predicted octanol–water partition coefficient (Wildman–Crippen LogP) is 6.79. The highest BCUT2D eigenvalue weighted by atomic mass is 79.9. The van der Waals surface area contributed by atoms with Crippen LogP contribution in [0, 0.1) is 0 Å².